The van der Waals surface area contributed by atoms with Gasteiger partial charge in [-0.15, -0.1) is 0 Å². The number of anilines is 1. The third-order valence-electron chi connectivity index (χ3n) is 3.78. The Morgan fingerprint density at radius 1 is 1.00 bits per heavy atom. The summed E-state index contributed by atoms with van der Waals surface area (Å²) < 4.78 is 0. The van der Waals surface area contributed by atoms with Crippen molar-refractivity contribution in [2.75, 3.05) is 5.32 Å². The van der Waals surface area contributed by atoms with Gasteiger partial charge in [0.2, 0.25) is 0 Å². The molecule has 0 aliphatic heterocycles. The van der Waals surface area contributed by atoms with Gasteiger partial charge in [-0.2, -0.15) is 0 Å². The van der Waals surface area contributed by atoms with Crippen molar-refractivity contribution in [1.29, 1.82) is 0 Å². The van der Waals surface area contributed by atoms with Crippen LogP contribution in [0.4, 0.5) is 5.69 Å². The number of hydrogen-bond acceptors (Lipinski definition) is 2. The summed E-state index contributed by atoms with van der Waals surface area (Å²) in [6.07, 6.45) is 0.885. The van der Waals surface area contributed by atoms with Crippen molar-refractivity contribution in [2.45, 2.75) is 33.2 Å². The molecule has 0 fully saturated rings. The van der Waals surface area contributed by atoms with Crippen LogP contribution in [0, 0.1) is 6.92 Å². The largest absolute Gasteiger partial charge is 0.350 e. The number of hydrogen-bond donors (Lipinski definition) is 2. The van der Waals surface area contributed by atoms with Crippen LogP contribution in [0.3, 0.4) is 0 Å². The standard InChI is InChI=1S/C19H22N2O2/c1-4-14(3)20-18(22)15-9-11-16(12-10-15)21-19(23)17-8-6-5-7-13(17)2/h5-12,14H,4H2,1-3H3,(H,20,22)(H,21,23). The van der Waals surface area contributed by atoms with Crippen molar-refractivity contribution in [2.24, 2.45) is 0 Å². The second-order valence-electron chi connectivity index (χ2n) is 5.63. The molecule has 0 aromatic heterocycles. The highest BCUT2D eigenvalue weighted by Crippen LogP contribution is 2.13. The van der Waals surface area contributed by atoms with Crippen LogP contribution in [-0.4, -0.2) is 17.9 Å². The monoisotopic (exact) mass is 310 g/mol. The Labute approximate surface area is 136 Å². The zero-order valence-electron chi connectivity index (χ0n) is 13.7. The number of benzene rings is 2. The minimum Gasteiger partial charge on any atom is -0.350 e. The van der Waals surface area contributed by atoms with E-state index in [9.17, 15) is 9.59 Å². The molecular formula is C19H22N2O2. The predicted octanol–water partition coefficient (Wildman–Crippen LogP) is 3.78. The van der Waals surface area contributed by atoms with Crippen LogP contribution in [0.2, 0.25) is 0 Å². The maximum Gasteiger partial charge on any atom is 0.255 e. The minimum atomic E-state index is -0.153. The zero-order valence-corrected chi connectivity index (χ0v) is 13.7. The summed E-state index contributed by atoms with van der Waals surface area (Å²) in [5.41, 5.74) is 2.82. The molecule has 23 heavy (non-hydrogen) atoms. The van der Waals surface area contributed by atoms with Crippen LogP contribution in [0.25, 0.3) is 0 Å². The minimum absolute atomic E-state index is 0.101. The van der Waals surface area contributed by atoms with Crippen molar-refractivity contribution < 1.29 is 9.59 Å². The maximum absolute atomic E-state index is 12.2. The molecule has 0 heterocycles. The molecule has 2 aromatic rings. The highest BCUT2D eigenvalue weighted by atomic mass is 16.2. The molecule has 0 saturated carbocycles. The smallest absolute Gasteiger partial charge is 0.255 e. The van der Waals surface area contributed by atoms with E-state index in [0.29, 0.717) is 16.8 Å². The van der Waals surface area contributed by atoms with E-state index in [2.05, 4.69) is 10.6 Å². The fraction of sp³-hybridized carbons (Fsp3) is 0.263. The van der Waals surface area contributed by atoms with Crippen molar-refractivity contribution in [1.82, 2.24) is 5.32 Å². The summed E-state index contributed by atoms with van der Waals surface area (Å²) >= 11 is 0. The number of amides is 2. The van der Waals surface area contributed by atoms with Gasteiger partial charge in [-0.25, -0.2) is 0 Å². The predicted molar refractivity (Wildman–Crippen MR) is 92.8 cm³/mol. The lowest BCUT2D eigenvalue weighted by atomic mass is 10.1. The Bertz CT molecular complexity index is 693. The number of carbonyl (C=O) groups is 2. The number of rotatable bonds is 5. The molecule has 0 radical (unpaired) electrons. The number of aryl methyl sites for hydroxylation is 1. The third-order valence-corrected chi connectivity index (χ3v) is 3.78. The maximum atomic E-state index is 12.2. The summed E-state index contributed by atoms with van der Waals surface area (Å²) in [5, 5.41) is 5.76. The van der Waals surface area contributed by atoms with Crippen LogP contribution >= 0.6 is 0 Å². The van der Waals surface area contributed by atoms with Gasteiger partial charge < -0.3 is 10.6 Å². The van der Waals surface area contributed by atoms with Crippen molar-refractivity contribution >= 4 is 17.5 Å². The van der Waals surface area contributed by atoms with E-state index in [0.717, 1.165) is 12.0 Å². The lowest BCUT2D eigenvalue weighted by Gasteiger charge is -2.12. The van der Waals surface area contributed by atoms with E-state index in [-0.39, 0.29) is 17.9 Å². The Morgan fingerprint density at radius 3 is 2.26 bits per heavy atom. The van der Waals surface area contributed by atoms with E-state index in [1.165, 1.54) is 0 Å². The van der Waals surface area contributed by atoms with Gasteiger partial charge in [-0.1, -0.05) is 25.1 Å². The lowest BCUT2D eigenvalue weighted by molar-refractivity contribution is 0.0938. The highest BCUT2D eigenvalue weighted by molar-refractivity contribution is 6.05. The molecule has 4 heteroatoms. The number of carbonyl (C=O) groups excluding carboxylic acids is 2. The molecule has 4 nitrogen and oxygen atoms in total. The molecular weight excluding hydrogens is 288 g/mol. The van der Waals surface area contributed by atoms with Crippen molar-refractivity contribution in [3.8, 4) is 0 Å². The molecule has 1 unspecified atom stereocenters. The van der Waals surface area contributed by atoms with Gasteiger partial charge in [0.1, 0.15) is 0 Å². The molecule has 2 N–H and O–H groups in total. The molecule has 0 aliphatic rings. The Morgan fingerprint density at radius 2 is 1.65 bits per heavy atom. The van der Waals surface area contributed by atoms with E-state index < -0.39 is 0 Å². The average molecular weight is 310 g/mol. The summed E-state index contributed by atoms with van der Waals surface area (Å²) in [6, 6.07) is 14.5. The highest BCUT2D eigenvalue weighted by Gasteiger charge is 2.10. The van der Waals surface area contributed by atoms with Gasteiger partial charge in [0.25, 0.3) is 11.8 Å². The summed E-state index contributed by atoms with van der Waals surface area (Å²) in [5.74, 6) is -0.254. The van der Waals surface area contributed by atoms with Gasteiger partial charge in [-0.05, 0) is 56.2 Å². The van der Waals surface area contributed by atoms with E-state index >= 15 is 0 Å². The first kappa shape index (κ1) is 16.7. The molecule has 2 amide bonds. The van der Waals surface area contributed by atoms with E-state index in [1.807, 2.05) is 39.0 Å². The van der Waals surface area contributed by atoms with E-state index in [1.54, 1.807) is 30.3 Å². The molecule has 0 aliphatic carbocycles. The Kier molecular flexibility index (Phi) is 5.52. The quantitative estimate of drug-likeness (QED) is 0.883. The van der Waals surface area contributed by atoms with Gasteiger partial charge in [-0.3, -0.25) is 9.59 Å². The van der Waals surface area contributed by atoms with E-state index in [4.69, 9.17) is 0 Å². The Balaban J connectivity index is 2.04. The summed E-state index contributed by atoms with van der Waals surface area (Å²) in [7, 11) is 0. The first-order chi connectivity index (χ1) is 11.0. The normalized spacial score (nSPS) is 11.6. The fourth-order valence-corrected chi connectivity index (χ4v) is 2.14. The first-order valence-corrected chi connectivity index (χ1v) is 7.79. The van der Waals surface area contributed by atoms with Gasteiger partial charge >= 0.3 is 0 Å². The fourth-order valence-electron chi connectivity index (χ4n) is 2.14. The topological polar surface area (TPSA) is 58.2 Å². The summed E-state index contributed by atoms with van der Waals surface area (Å²) in [4.78, 5) is 24.3. The molecule has 0 bridgehead atoms. The molecule has 0 saturated heterocycles. The van der Waals surface area contributed by atoms with Crippen LogP contribution < -0.4 is 10.6 Å². The lowest BCUT2D eigenvalue weighted by Crippen LogP contribution is -2.31. The van der Waals surface area contributed by atoms with Crippen molar-refractivity contribution in [3.05, 3.63) is 65.2 Å². The molecule has 1 atom stereocenters. The van der Waals surface area contributed by atoms with Gasteiger partial charge in [0.05, 0.1) is 0 Å². The SMILES string of the molecule is CCC(C)NC(=O)c1ccc(NC(=O)c2ccccc2C)cc1. The summed E-state index contributed by atoms with van der Waals surface area (Å²) in [6.45, 7) is 5.89. The second-order valence-corrected chi connectivity index (χ2v) is 5.63. The first-order valence-electron chi connectivity index (χ1n) is 7.79. The number of nitrogens with one attached hydrogen (secondary N) is 2. The zero-order chi connectivity index (χ0) is 16.8. The molecule has 2 rings (SSSR count). The molecule has 2 aromatic carbocycles. The van der Waals surface area contributed by atoms with Crippen LogP contribution in [-0.2, 0) is 0 Å². The van der Waals surface area contributed by atoms with Crippen LogP contribution in [0.15, 0.2) is 48.5 Å². The molecule has 0 spiro atoms. The molecule has 120 valence electrons. The van der Waals surface area contributed by atoms with Crippen LogP contribution in [0.1, 0.15) is 46.5 Å². The average Bonchev–Trinajstić information content (AvgIpc) is 2.55. The second kappa shape index (κ2) is 7.58. The van der Waals surface area contributed by atoms with Gasteiger partial charge in [0, 0.05) is 22.9 Å². The van der Waals surface area contributed by atoms with Crippen LogP contribution in [0.5, 0.6) is 0 Å². The van der Waals surface area contributed by atoms with Gasteiger partial charge in [0.15, 0.2) is 0 Å². The van der Waals surface area contributed by atoms with Crippen molar-refractivity contribution in [3.63, 3.8) is 0 Å². The Hall–Kier alpha value is -2.62. The third kappa shape index (κ3) is 4.42.